The molecule has 5 nitrogen and oxygen atoms in total. The van der Waals surface area contributed by atoms with Crippen LogP contribution in [0.2, 0.25) is 0 Å². The molecule has 0 amide bonds. The maximum absolute atomic E-state index is 12.4. The van der Waals surface area contributed by atoms with Gasteiger partial charge in [-0.25, -0.2) is 4.68 Å². The minimum absolute atomic E-state index is 0.224. The first-order valence-corrected chi connectivity index (χ1v) is 6.51. The van der Waals surface area contributed by atoms with Gasteiger partial charge in [-0.05, 0) is 24.3 Å². The molecule has 3 N–H and O–H groups in total. The molecule has 0 unspecified atom stereocenters. The quantitative estimate of drug-likeness (QED) is 0.722. The van der Waals surface area contributed by atoms with E-state index in [2.05, 4.69) is 10.1 Å². The highest BCUT2D eigenvalue weighted by atomic mass is 16.1. The molecule has 0 aliphatic heterocycles. The van der Waals surface area contributed by atoms with E-state index in [9.17, 15) is 4.79 Å². The Bertz CT molecular complexity index is 816. The summed E-state index contributed by atoms with van der Waals surface area (Å²) in [5, 5.41) is 2.86. The summed E-state index contributed by atoms with van der Waals surface area (Å²) in [5.41, 5.74) is 7.50. The molecule has 0 bridgehead atoms. The van der Waals surface area contributed by atoms with Gasteiger partial charge in [0.25, 0.3) is 5.56 Å². The van der Waals surface area contributed by atoms with Crippen LogP contribution in [0.25, 0.3) is 5.69 Å². The number of H-pyrrole nitrogens is 1. The number of benzene rings is 2. The highest BCUT2D eigenvalue weighted by Gasteiger charge is 2.10. The summed E-state index contributed by atoms with van der Waals surface area (Å²) < 4.78 is 1.40. The zero-order chi connectivity index (χ0) is 14.7. The van der Waals surface area contributed by atoms with Gasteiger partial charge in [-0.15, -0.1) is 0 Å². The number of rotatable bonds is 3. The maximum atomic E-state index is 12.4. The van der Waals surface area contributed by atoms with Crippen LogP contribution in [0, 0.1) is 0 Å². The van der Waals surface area contributed by atoms with Gasteiger partial charge in [0.2, 0.25) is 0 Å². The van der Waals surface area contributed by atoms with E-state index < -0.39 is 0 Å². The molecule has 3 rings (SSSR count). The van der Waals surface area contributed by atoms with Gasteiger partial charge in [0.05, 0.1) is 11.4 Å². The SMILES string of the molecule is Nc1[nH]n(-c2ccccc2)c(=O)c1C=Nc1ccccc1. The fourth-order valence-electron chi connectivity index (χ4n) is 2.00. The molecular formula is C16H14N4O. The molecule has 3 aromatic rings. The Hall–Kier alpha value is -3.08. The summed E-state index contributed by atoms with van der Waals surface area (Å²) >= 11 is 0. The molecule has 0 fully saturated rings. The lowest BCUT2D eigenvalue weighted by atomic mass is 10.3. The summed E-state index contributed by atoms with van der Waals surface area (Å²) in [5.74, 6) is 0.295. The first-order valence-electron chi connectivity index (χ1n) is 6.51. The maximum Gasteiger partial charge on any atom is 0.282 e. The first kappa shape index (κ1) is 12.9. The third-order valence-electron chi connectivity index (χ3n) is 3.07. The smallest absolute Gasteiger partial charge is 0.282 e. The molecule has 0 atom stereocenters. The van der Waals surface area contributed by atoms with Crippen molar-refractivity contribution < 1.29 is 0 Å². The van der Waals surface area contributed by atoms with Crippen molar-refractivity contribution in [2.45, 2.75) is 0 Å². The Morgan fingerprint density at radius 3 is 2.29 bits per heavy atom. The molecule has 0 aliphatic carbocycles. The first-order chi connectivity index (χ1) is 10.3. The van der Waals surface area contributed by atoms with Crippen molar-refractivity contribution in [3.8, 4) is 5.69 Å². The van der Waals surface area contributed by atoms with E-state index in [1.54, 1.807) is 0 Å². The fourth-order valence-corrected chi connectivity index (χ4v) is 2.00. The summed E-state index contributed by atoms with van der Waals surface area (Å²) in [6.45, 7) is 0. The van der Waals surface area contributed by atoms with Gasteiger partial charge in [-0.3, -0.25) is 14.9 Å². The van der Waals surface area contributed by atoms with Crippen molar-refractivity contribution in [2.24, 2.45) is 4.99 Å². The summed E-state index contributed by atoms with van der Waals surface area (Å²) in [6.07, 6.45) is 1.49. The Balaban J connectivity index is 2.00. The number of hydrogen-bond acceptors (Lipinski definition) is 3. The van der Waals surface area contributed by atoms with Crippen LogP contribution in [-0.4, -0.2) is 16.0 Å². The molecule has 1 aromatic heterocycles. The highest BCUT2D eigenvalue weighted by molar-refractivity contribution is 5.87. The number of aromatic nitrogens is 2. The Labute approximate surface area is 121 Å². The van der Waals surface area contributed by atoms with Gasteiger partial charge in [0.1, 0.15) is 11.4 Å². The lowest BCUT2D eigenvalue weighted by Crippen LogP contribution is -2.17. The van der Waals surface area contributed by atoms with Crippen molar-refractivity contribution in [1.82, 2.24) is 9.78 Å². The second kappa shape index (κ2) is 5.50. The molecular weight excluding hydrogens is 264 g/mol. The molecule has 21 heavy (non-hydrogen) atoms. The van der Waals surface area contributed by atoms with E-state index >= 15 is 0 Å². The van der Waals surface area contributed by atoms with E-state index in [-0.39, 0.29) is 5.56 Å². The van der Waals surface area contributed by atoms with E-state index in [1.807, 2.05) is 60.7 Å². The fraction of sp³-hybridized carbons (Fsp3) is 0. The van der Waals surface area contributed by atoms with Crippen LogP contribution in [0.3, 0.4) is 0 Å². The lowest BCUT2D eigenvalue weighted by Gasteiger charge is -1.99. The van der Waals surface area contributed by atoms with Crippen molar-refractivity contribution in [3.63, 3.8) is 0 Å². The largest absolute Gasteiger partial charge is 0.383 e. The number of nitrogens with two attached hydrogens (primary N) is 1. The zero-order valence-electron chi connectivity index (χ0n) is 11.2. The van der Waals surface area contributed by atoms with E-state index in [0.717, 1.165) is 11.4 Å². The van der Waals surface area contributed by atoms with Crippen LogP contribution in [-0.2, 0) is 0 Å². The van der Waals surface area contributed by atoms with Gasteiger partial charge in [-0.2, -0.15) is 0 Å². The number of nitrogen functional groups attached to an aromatic ring is 1. The van der Waals surface area contributed by atoms with E-state index in [0.29, 0.717) is 11.4 Å². The highest BCUT2D eigenvalue weighted by Crippen LogP contribution is 2.11. The summed E-state index contributed by atoms with van der Waals surface area (Å²) in [6, 6.07) is 18.7. The van der Waals surface area contributed by atoms with E-state index in [4.69, 9.17) is 5.73 Å². The molecule has 0 radical (unpaired) electrons. The average molecular weight is 278 g/mol. The monoisotopic (exact) mass is 278 g/mol. The van der Waals surface area contributed by atoms with Crippen LogP contribution in [0.4, 0.5) is 11.5 Å². The molecule has 0 aliphatic rings. The van der Waals surface area contributed by atoms with Crippen LogP contribution < -0.4 is 11.3 Å². The third-order valence-corrected chi connectivity index (χ3v) is 3.07. The van der Waals surface area contributed by atoms with Crippen LogP contribution in [0.15, 0.2) is 70.5 Å². The Kier molecular flexibility index (Phi) is 3.39. The Morgan fingerprint density at radius 2 is 1.62 bits per heavy atom. The second-order valence-corrected chi connectivity index (χ2v) is 4.51. The molecule has 0 saturated carbocycles. The standard InChI is InChI=1S/C16H14N4O/c17-15-14(11-18-12-7-3-1-4-8-12)16(21)20(19-15)13-9-5-2-6-10-13/h1-11,19H,17H2. The van der Waals surface area contributed by atoms with Gasteiger partial charge in [0, 0.05) is 6.21 Å². The molecule has 5 heteroatoms. The normalized spacial score (nSPS) is 11.0. The van der Waals surface area contributed by atoms with Crippen molar-refractivity contribution in [3.05, 3.63) is 76.6 Å². The van der Waals surface area contributed by atoms with Gasteiger partial charge in [0.15, 0.2) is 0 Å². The predicted octanol–water partition coefficient (Wildman–Crippen LogP) is 2.50. The minimum atomic E-state index is -0.224. The van der Waals surface area contributed by atoms with Crippen LogP contribution in [0.1, 0.15) is 5.56 Å². The van der Waals surface area contributed by atoms with Crippen LogP contribution >= 0.6 is 0 Å². The number of para-hydroxylation sites is 2. The van der Waals surface area contributed by atoms with Crippen molar-refractivity contribution >= 4 is 17.7 Å². The molecule has 0 saturated heterocycles. The topological polar surface area (TPSA) is 76.2 Å². The average Bonchev–Trinajstić information content (AvgIpc) is 2.82. The number of anilines is 1. The van der Waals surface area contributed by atoms with Gasteiger partial charge < -0.3 is 5.73 Å². The summed E-state index contributed by atoms with van der Waals surface area (Å²) in [7, 11) is 0. The number of nitrogens with zero attached hydrogens (tertiary/aromatic N) is 2. The number of hydrogen-bond donors (Lipinski definition) is 2. The van der Waals surface area contributed by atoms with Gasteiger partial charge >= 0.3 is 0 Å². The molecule has 104 valence electrons. The van der Waals surface area contributed by atoms with Crippen molar-refractivity contribution in [1.29, 1.82) is 0 Å². The van der Waals surface area contributed by atoms with E-state index in [1.165, 1.54) is 10.9 Å². The minimum Gasteiger partial charge on any atom is -0.383 e. The predicted molar refractivity (Wildman–Crippen MR) is 84.5 cm³/mol. The second-order valence-electron chi connectivity index (χ2n) is 4.51. The van der Waals surface area contributed by atoms with Crippen LogP contribution in [0.5, 0.6) is 0 Å². The van der Waals surface area contributed by atoms with Crippen molar-refractivity contribution in [2.75, 3.05) is 5.73 Å². The lowest BCUT2D eigenvalue weighted by molar-refractivity contribution is 0.853. The zero-order valence-corrected chi connectivity index (χ0v) is 11.2. The number of aliphatic imine (C=N–C) groups is 1. The molecule has 0 spiro atoms. The number of aromatic amines is 1. The third kappa shape index (κ3) is 2.62. The summed E-state index contributed by atoms with van der Waals surface area (Å²) in [4.78, 5) is 16.6. The number of nitrogens with one attached hydrogen (secondary N) is 1. The van der Waals surface area contributed by atoms with Gasteiger partial charge in [-0.1, -0.05) is 36.4 Å². The Morgan fingerprint density at radius 1 is 1.00 bits per heavy atom. The molecule has 2 aromatic carbocycles. The molecule has 1 heterocycles.